The van der Waals surface area contributed by atoms with Gasteiger partial charge in [-0.3, -0.25) is 4.79 Å². The lowest BCUT2D eigenvalue weighted by Gasteiger charge is -2.20. The van der Waals surface area contributed by atoms with Crippen LogP contribution < -0.4 is 5.32 Å². The first-order valence-electron chi connectivity index (χ1n) is 10.6. The Morgan fingerprint density at radius 1 is 1.25 bits per heavy atom. The van der Waals surface area contributed by atoms with Crippen molar-refractivity contribution >= 4 is 11.6 Å². The number of fused-ring (bicyclic) bond motifs is 1. The molecule has 1 N–H and O–H groups in total. The highest BCUT2D eigenvalue weighted by Gasteiger charge is 2.22. The molecule has 1 unspecified atom stereocenters. The van der Waals surface area contributed by atoms with Crippen molar-refractivity contribution in [2.45, 2.75) is 79.2 Å². The lowest BCUT2D eigenvalue weighted by molar-refractivity contribution is 0.0935. The molecule has 2 rings (SSSR count). The average Bonchev–Trinajstić information content (AvgIpc) is 3.09. The van der Waals surface area contributed by atoms with Crippen LogP contribution in [0.1, 0.15) is 83.1 Å². The maximum atomic E-state index is 12.9. The third kappa shape index (κ3) is 5.31. The normalized spacial score (nSPS) is 13.3. The predicted octanol–water partition coefficient (Wildman–Crippen LogP) is 3.83. The van der Waals surface area contributed by atoms with Crippen molar-refractivity contribution in [1.82, 2.24) is 24.8 Å². The van der Waals surface area contributed by atoms with E-state index in [9.17, 15) is 4.79 Å². The summed E-state index contributed by atoms with van der Waals surface area (Å²) in [4.78, 5) is 19.8. The summed E-state index contributed by atoms with van der Waals surface area (Å²) >= 11 is 0. The SMILES string of the molecule is CCc1c(C(=O)NC(C)CCCN(CC)CC)cnc2cc(C(C)(C)C)nn12. The molecule has 0 aliphatic heterocycles. The Bertz CT molecular complexity index is 786. The molecular formula is C22H37N5O. The minimum absolute atomic E-state index is 0.0551. The number of amides is 1. The minimum atomic E-state index is -0.0607. The van der Waals surface area contributed by atoms with Crippen molar-refractivity contribution in [2.24, 2.45) is 0 Å². The van der Waals surface area contributed by atoms with Crippen molar-refractivity contribution < 1.29 is 4.79 Å². The number of hydrogen-bond acceptors (Lipinski definition) is 4. The van der Waals surface area contributed by atoms with Crippen LogP contribution in [0.15, 0.2) is 12.3 Å². The molecule has 0 saturated carbocycles. The molecular weight excluding hydrogens is 350 g/mol. The van der Waals surface area contributed by atoms with Crippen molar-refractivity contribution in [1.29, 1.82) is 0 Å². The molecule has 0 aromatic carbocycles. The van der Waals surface area contributed by atoms with Gasteiger partial charge in [-0.2, -0.15) is 5.10 Å². The van der Waals surface area contributed by atoms with Gasteiger partial charge < -0.3 is 10.2 Å². The third-order valence-electron chi connectivity index (χ3n) is 5.31. The van der Waals surface area contributed by atoms with Gasteiger partial charge in [-0.25, -0.2) is 9.50 Å². The van der Waals surface area contributed by atoms with Gasteiger partial charge >= 0.3 is 0 Å². The molecule has 2 aromatic heterocycles. The smallest absolute Gasteiger partial charge is 0.254 e. The maximum Gasteiger partial charge on any atom is 0.254 e. The number of rotatable bonds is 9. The van der Waals surface area contributed by atoms with Gasteiger partial charge in [0.2, 0.25) is 0 Å². The fourth-order valence-corrected chi connectivity index (χ4v) is 3.41. The summed E-state index contributed by atoms with van der Waals surface area (Å²) in [5.74, 6) is -0.0607. The fourth-order valence-electron chi connectivity index (χ4n) is 3.41. The molecule has 2 heterocycles. The summed E-state index contributed by atoms with van der Waals surface area (Å²) in [6.45, 7) is 18.1. The summed E-state index contributed by atoms with van der Waals surface area (Å²) in [5.41, 5.74) is 3.26. The first-order chi connectivity index (χ1) is 13.2. The van der Waals surface area contributed by atoms with E-state index in [1.165, 1.54) is 0 Å². The van der Waals surface area contributed by atoms with Crippen LogP contribution in [0.2, 0.25) is 0 Å². The molecule has 0 aliphatic rings. The summed E-state index contributed by atoms with van der Waals surface area (Å²) in [7, 11) is 0. The number of hydrogen-bond donors (Lipinski definition) is 1. The summed E-state index contributed by atoms with van der Waals surface area (Å²) < 4.78 is 1.83. The van der Waals surface area contributed by atoms with Gasteiger partial charge in [0, 0.05) is 23.7 Å². The van der Waals surface area contributed by atoms with E-state index in [0.29, 0.717) is 5.56 Å². The van der Waals surface area contributed by atoms with Gasteiger partial charge in [-0.15, -0.1) is 0 Å². The van der Waals surface area contributed by atoms with Crippen LogP contribution in [0.5, 0.6) is 0 Å². The van der Waals surface area contributed by atoms with Crippen LogP contribution in [0.25, 0.3) is 5.65 Å². The van der Waals surface area contributed by atoms with Crippen LogP contribution >= 0.6 is 0 Å². The third-order valence-corrected chi connectivity index (χ3v) is 5.31. The average molecular weight is 388 g/mol. The topological polar surface area (TPSA) is 62.5 Å². The molecule has 0 spiro atoms. The van der Waals surface area contributed by atoms with Gasteiger partial charge in [0.1, 0.15) is 0 Å². The van der Waals surface area contributed by atoms with Crippen LogP contribution in [-0.2, 0) is 11.8 Å². The second-order valence-corrected chi connectivity index (χ2v) is 8.57. The first kappa shape index (κ1) is 22.3. The molecule has 28 heavy (non-hydrogen) atoms. The molecule has 0 aliphatic carbocycles. The molecule has 1 amide bonds. The lowest BCUT2D eigenvalue weighted by Crippen LogP contribution is -2.34. The van der Waals surface area contributed by atoms with E-state index in [0.717, 1.165) is 55.9 Å². The predicted molar refractivity (Wildman–Crippen MR) is 115 cm³/mol. The highest BCUT2D eigenvalue weighted by Crippen LogP contribution is 2.23. The number of nitrogens with zero attached hydrogens (tertiary/aromatic N) is 4. The Hall–Kier alpha value is -1.95. The Morgan fingerprint density at radius 3 is 2.50 bits per heavy atom. The highest BCUT2D eigenvalue weighted by atomic mass is 16.1. The second-order valence-electron chi connectivity index (χ2n) is 8.57. The molecule has 0 bridgehead atoms. The standard InChI is InChI=1S/C22H37N5O/c1-8-18-17(15-23-20-14-19(22(5,6)7)25-27(18)20)21(28)24-16(4)12-11-13-26(9-2)10-3/h14-16H,8-13H2,1-7H3,(H,24,28). The number of carbonyl (C=O) groups excluding carboxylic acids is 1. The van der Waals surface area contributed by atoms with Crippen molar-refractivity contribution in [3.05, 3.63) is 29.2 Å². The van der Waals surface area contributed by atoms with Gasteiger partial charge in [0.25, 0.3) is 5.91 Å². The largest absolute Gasteiger partial charge is 0.349 e. The Balaban J connectivity index is 2.12. The monoisotopic (exact) mass is 387 g/mol. The second kappa shape index (κ2) is 9.50. The van der Waals surface area contributed by atoms with Gasteiger partial charge in [-0.1, -0.05) is 41.5 Å². The van der Waals surface area contributed by atoms with Crippen LogP contribution in [0.3, 0.4) is 0 Å². The molecule has 0 saturated heterocycles. The van der Waals surface area contributed by atoms with E-state index in [1.807, 2.05) is 10.6 Å². The quantitative estimate of drug-likeness (QED) is 0.710. The Kier molecular flexibility index (Phi) is 7.58. The minimum Gasteiger partial charge on any atom is -0.349 e. The van der Waals surface area contributed by atoms with E-state index in [2.05, 4.69) is 63.7 Å². The Labute approximate surface area is 169 Å². The summed E-state index contributed by atoms with van der Waals surface area (Å²) in [6, 6.07) is 2.14. The van der Waals surface area contributed by atoms with Crippen molar-refractivity contribution in [2.75, 3.05) is 19.6 Å². The van der Waals surface area contributed by atoms with Crippen molar-refractivity contribution in [3.8, 4) is 0 Å². The van der Waals surface area contributed by atoms with Gasteiger partial charge in [0.05, 0.1) is 17.0 Å². The van der Waals surface area contributed by atoms with E-state index >= 15 is 0 Å². The molecule has 6 heteroatoms. The zero-order chi connectivity index (χ0) is 20.9. The fraction of sp³-hybridized carbons (Fsp3) is 0.682. The number of aromatic nitrogens is 3. The number of aryl methyl sites for hydroxylation is 1. The van der Waals surface area contributed by atoms with Crippen LogP contribution in [0.4, 0.5) is 0 Å². The maximum absolute atomic E-state index is 12.9. The zero-order valence-corrected chi connectivity index (χ0v) is 18.7. The van der Waals surface area contributed by atoms with E-state index in [1.54, 1.807) is 6.20 Å². The molecule has 156 valence electrons. The van der Waals surface area contributed by atoms with E-state index < -0.39 is 0 Å². The summed E-state index contributed by atoms with van der Waals surface area (Å²) in [5, 5.41) is 7.88. The Morgan fingerprint density at radius 2 is 1.93 bits per heavy atom. The van der Waals surface area contributed by atoms with Crippen LogP contribution in [-0.4, -0.2) is 51.1 Å². The zero-order valence-electron chi connectivity index (χ0n) is 18.7. The number of nitrogens with one attached hydrogen (secondary N) is 1. The van der Waals surface area contributed by atoms with Gasteiger partial charge in [-0.05, 0) is 45.8 Å². The van der Waals surface area contributed by atoms with E-state index in [4.69, 9.17) is 5.10 Å². The number of carbonyl (C=O) groups is 1. The molecule has 2 aromatic rings. The summed E-state index contributed by atoms with van der Waals surface area (Å²) in [6.07, 6.45) is 4.47. The van der Waals surface area contributed by atoms with Crippen molar-refractivity contribution in [3.63, 3.8) is 0 Å². The molecule has 1 atom stereocenters. The first-order valence-corrected chi connectivity index (χ1v) is 10.6. The highest BCUT2D eigenvalue weighted by molar-refractivity contribution is 5.95. The van der Waals surface area contributed by atoms with Gasteiger partial charge in [0.15, 0.2) is 5.65 Å². The molecule has 0 fully saturated rings. The van der Waals surface area contributed by atoms with E-state index in [-0.39, 0.29) is 17.4 Å². The molecule has 0 radical (unpaired) electrons. The lowest BCUT2D eigenvalue weighted by atomic mass is 9.93. The molecule has 6 nitrogen and oxygen atoms in total. The van der Waals surface area contributed by atoms with Crippen LogP contribution in [0, 0.1) is 0 Å².